The van der Waals surface area contributed by atoms with E-state index in [1.165, 1.54) is 13.0 Å². The van der Waals surface area contributed by atoms with E-state index in [1.807, 2.05) is 6.08 Å². The zero-order chi connectivity index (χ0) is 16.2. The molecule has 1 amide bonds. The fraction of sp³-hybridized carbons (Fsp3) is 0.357. The molecule has 0 unspecified atom stereocenters. The second-order valence-electron chi connectivity index (χ2n) is 4.96. The average Bonchev–Trinajstić information content (AvgIpc) is 2.48. The van der Waals surface area contributed by atoms with Crippen LogP contribution in [0, 0.1) is 5.82 Å². The van der Waals surface area contributed by atoms with Gasteiger partial charge in [0.05, 0.1) is 10.6 Å². The minimum absolute atomic E-state index is 0.0906. The molecule has 2 rings (SSSR count). The number of amides is 1. The highest BCUT2D eigenvalue weighted by Crippen LogP contribution is 2.19. The normalized spacial score (nSPS) is 15.3. The summed E-state index contributed by atoms with van der Waals surface area (Å²) >= 11 is 0. The third-order valence-corrected chi connectivity index (χ3v) is 4.60. The summed E-state index contributed by atoms with van der Waals surface area (Å²) in [6, 6.07) is 3.29. The van der Waals surface area contributed by atoms with Crippen LogP contribution in [0.3, 0.4) is 0 Å². The van der Waals surface area contributed by atoms with Gasteiger partial charge in [0.2, 0.25) is 15.9 Å². The maximum atomic E-state index is 13.5. The van der Waals surface area contributed by atoms with Crippen molar-refractivity contribution in [3.63, 3.8) is 0 Å². The predicted octanol–water partition coefficient (Wildman–Crippen LogP) is 0.982. The van der Waals surface area contributed by atoms with Crippen molar-refractivity contribution in [2.24, 2.45) is 0 Å². The molecule has 1 heterocycles. The van der Waals surface area contributed by atoms with Crippen LogP contribution in [0.1, 0.15) is 13.3 Å². The zero-order valence-corrected chi connectivity index (χ0v) is 13.0. The third-order valence-electron chi connectivity index (χ3n) is 3.21. The highest BCUT2D eigenvalue weighted by atomic mass is 32.2. The molecule has 0 radical (unpaired) electrons. The lowest BCUT2D eigenvalue weighted by Crippen LogP contribution is -2.29. The van der Waals surface area contributed by atoms with E-state index in [0.29, 0.717) is 0 Å². The van der Waals surface area contributed by atoms with Crippen LogP contribution in [0.15, 0.2) is 34.7 Å². The molecule has 120 valence electrons. The van der Waals surface area contributed by atoms with Crippen LogP contribution in [-0.4, -0.2) is 34.0 Å². The van der Waals surface area contributed by atoms with Gasteiger partial charge in [0.25, 0.3) is 0 Å². The summed E-state index contributed by atoms with van der Waals surface area (Å²) in [5.74, 6) is -1.16. The fourth-order valence-electron chi connectivity index (χ4n) is 2.06. The fourth-order valence-corrected chi connectivity index (χ4v) is 3.12. The lowest BCUT2D eigenvalue weighted by molar-refractivity contribution is -0.114. The number of hydrogen-bond acceptors (Lipinski definition) is 4. The number of benzene rings is 1. The van der Waals surface area contributed by atoms with Crippen molar-refractivity contribution in [3.05, 3.63) is 35.7 Å². The van der Waals surface area contributed by atoms with Crippen molar-refractivity contribution >= 4 is 21.6 Å². The van der Waals surface area contributed by atoms with E-state index in [0.717, 1.165) is 37.2 Å². The minimum atomic E-state index is -3.76. The summed E-state index contributed by atoms with van der Waals surface area (Å²) in [6.45, 7) is 2.98. The van der Waals surface area contributed by atoms with E-state index in [-0.39, 0.29) is 17.1 Å². The van der Waals surface area contributed by atoms with Gasteiger partial charge in [-0.05, 0) is 31.2 Å². The molecule has 22 heavy (non-hydrogen) atoms. The van der Waals surface area contributed by atoms with Gasteiger partial charge in [-0.2, -0.15) is 0 Å². The van der Waals surface area contributed by atoms with Crippen molar-refractivity contribution in [2.75, 3.05) is 25.0 Å². The first-order chi connectivity index (χ1) is 10.4. The largest absolute Gasteiger partial charge is 0.324 e. The molecule has 3 N–H and O–H groups in total. The molecule has 0 fully saturated rings. The SMILES string of the molecule is CC(=O)Nc1cc(S(=O)(=O)NCC2=CCNCC2)ccc1F. The molecule has 6 nitrogen and oxygen atoms in total. The van der Waals surface area contributed by atoms with Gasteiger partial charge >= 0.3 is 0 Å². The summed E-state index contributed by atoms with van der Waals surface area (Å²) in [5, 5.41) is 5.41. The Morgan fingerprint density at radius 2 is 2.18 bits per heavy atom. The summed E-state index contributed by atoms with van der Waals surface area (Å²) in [6.07, 6.45) is 2.72. The average molecular weight is 327 g/mol. The Kier molecular flexibility index (Phi) is 5.28. The van der Waals surface area contributed by atoms with Crippen molar-refractivity contribution in [3.8, 4) is 0 Å². The molecule has 1 aliphatic heterocycles. The van der Waals surface area contributed by atoms with Crippen LogP contribution in [0.4, 0.5) is 10.1 Å². The smallest absolute Gasteiger partial charge is 0.240 e. The molecule has 0 saturated heterocycles. The Labute approximate surface area is 128 Å². The van der Waals surface area contributed by atoms with Crippen LogP contribution in [0.5, 0.6) is 0 Å². The number of carbonyl (C=O) groups excluding carboxylic acids is 1. The van der Waals surface area contributed by atoms with Crippen LogP contribution in [0.25, 0.3) is 0 Å². The number of sulfonamides is 1. The lowest BCUT2D eigenvalue weighted by atomic mass is 10.1. The van der Waals surface area contributed by atoms with E-state index in [2.05, 4.69) is 15.4 Å². The van der Waals surface area contributed by atoms with Gasteiger partial charge in [-0.25, -0.2) is 17.5 Å². The number of rotatable bonds is 5. The van der Waals surface area contributed by atoms with Gasteiger partial charge < -0.3 is 10.6 Å². The van der Waals surface area contributed by atoms with Crippen LogP contribution < -0.4 is 15.4 Å². The third kappa shape index (κ3) is 4.36. The quantitative estimate of drug-likeness (QED) is 0.704. The Bertz CT molecular complexity index is 701. The number of halogens is 1. The van der Waals surface area contributed by atoms with Gasteiger partial charge in [0, 0.05) is 20.0 Å². The van der Waals surface area contributed by atoms with Gasteiger partial charge in [-0.1, -0.05) is 11.6 Å². The highest BCUT2D eigenvalue weighted by molar-refractivity contribution is 7.89. The van der Waals surface area contributed by atoms with E-state index >= 15 is 0 Å². The van der Waals surface area contributed by atoms with Crippen LogP contribution in [0.2, 0.25) is 0 Å². The maximum Gasteiger partial charge on any atom is 0.240 e. The first-order valence-electron chi connectivity index (χ1n) is 6.84. The number of hydrogen-bond donors (Lipinski definition) is 3. The standard InChI is InChI=1S/C14H18FN3O3S/c1-10(19)18-14-8-12(2-3-13(14)15)22(20,21)17-9-11-4-6-16-7-5-11/h2-4,8,16-17H,5-7,9H2,1H3,(H,18,19). The molecule has 0 aromatic heterocycles. The molecular formula is C14H18FN3O3S. The number of carbonyl (C=O) groups is 1. The molecule has 1 aromatic rings. The molecule has 8 heteroatoms. The van der Waals surface area contributed by atoms with Crippen LogP contribution >= 0.6 is 0 Å². The minimum Gasteiger partial charge on any atom is -0.324 e. The van der Waals surface area contributed by atoms with E-state index in [4.69, 9.17) is 0 Å². The molecule has 0 saturated carbocycles. The highest BCUT2D eigenvalue weighted by Gasteiger charge is 2.17. The zero-order valence-electron chi connectivity index (χ0n) is 12.1. The van der Waals surface area contributed by atoms with E-state index in [9.17, 15) is 17.6 Å². The molecule has 0 atom stereocenters. The molecule has 1 aliphatic rings. The summed E-state index contributed by atoms with van der Waals surface area (Å²) in [5.41, 5.74) is 0.850. The van der Waals surface area contributed by atoms with E-state index < -0.39 is 21.7 Å². The molecular weight excluding hydrogens is 309 g/mol. The van der Waals surface area contributed by atoms with Crippen LogP contribution in [-0.2, 0) is 14.8 Å². The van der Waals surface area contributed by atoms with Crippen molar-refractivity contribution in [1.29, 1.82) is 0 Å². The Hall–Kier alpha value is -1.77. The molecule has 1 aromatic carbocycles. The molecule has 0 aliphatic carbocycles. The van der Waals surface area contributed by atoms with Gasteiger partial charge in [-0.3, -0.25) is 4.79 Å². The topological polar surface area (TPSA) is 87.3 Å². The van der Waals surface area contributed by atoms with Gasteiger partial charge in [0.15, 0.2) is 0 Å². The number of anilines is 1. The Morgan fingerprint density at radius 3 is 2.82 bits per heavy atom. The second-order valence-corrected chi connectivity index (χ2v) is 6.73. The predicted molar refractivity (Wildman–Crippen MR) is 81.5 cm³/mol. The van der Waals surface area contributed by atoms with Gasteiger partial charge in [0.1, 0.15) is 5.82 Å². The van der Waals surface area contributed by atoms with Gasteiger partial charge in [-0.15, -0.1) is 0 Å². The molecule has 0 bridgehead atoms. The first-order valence-corrected chi connectivity index (χ1v) is 8.32. The Morgan fingerprint density at radius 1 is 1.41 bits per heavy atom. The summed E-state index contributed by atoms with van der Waals surface area (Å²) in [7, 11) is -3.76. The maximum absolute atomic E-state index is 13.5. The Balaban J connectivity index is 2.14. The summed E-state index contributed by atoms with van der Waals surface area (Å²) < 4.78 is 40.5. The summed E-state index contributed by atoms with van der Waals surface area (Å²) in [4.78, 5) is 10.9. The number of nitrogens with one attached hydrogen (secondary N) is 3. The molecule has 0 spiro atoms. The van der Waals surface area contributed by atoms with Crippen molar-refractivity contribution < 1.29 is 17.6 Å². The second kappa shape index (κ2) is 6.99. The lowest BCUT2D eigenvalue weighted by Gasteiger charge is -2.15. The van der Waals surface area contributed by atoms with Crippen molar-refractivity contribution in [1.82, 2.24) is 10.0 Å². The van der Waals surface area contributed by atoms with Crippen molar-refractivity contribution in [2.45, 2.75) is 18.2 Å². The monoisotopic (exact) mass is 327 g/mol. The first kappa shape index (κ1) is 16.6. The van der Waals surface area contributed by atoms with E-state index in [1.54, 1.807) is 0 Å².